The van der Waals surface area contributed by atoms with Gasteiger partial charge in [0.25, 0.3) is 0 Å². The molecule has 1 aliphatic carbocycles. The molecule has 0 aromatic rings. The maximum atomic E-state index is 12.1. The van der Waals surface area contributed by atoms with Gasteiger partial charge in [-0.05, 0) is 38.4 Å². The third kappa shape index (κ3) is 4.58. The molecule has 1 rings (SSSR count). The zero-order valence-corrected chi connectivity index (χ0v) is 12.0. The molecule has 1 fully saturated rings. The first-order valence-electron chi connectivity index (χ1n) is 7.43. The molecule has 2 unspecified atom stereocenters. The highest BCUT2D eigenvalue weighted by Gasteiger charge is 2.29. The molecule has 0 radical (unpaired) electrons. The Bertz CT molecular complexity index is 241. The summed E-state index contributed by atoms with van der Waals surface area (Å²) < 4.78 is 0. The van der Waals surface area contributed by atoms with E-state index < -0.39 is 0 Å². The van der Waals surface area contributed by atoms with Gasteiger partial charge >= 0.3 is 0 Å². The Morgan fingerprint density at radius 1 is 1.28 bits per heavy atom. The van der Waals surface area contributed by atoms with Crippen molar-refractivity contribution >= 4 is 5.91 Å². The summed E-state index contributed by atoms with van der Waals surface area (Å²) >= 11 is 0. The summed E-state index contributed by atoms with van der Waals surface area (Å²) in [6.45, 7) is 8.73. The molecule has 1 saturated carbocycles. The molecule has 18 heavy (non-hydrogen) atoms. The summed E-state index contributed by atoms with van der Waals surface area (Å²) in [5.74, 6) is 0.768. The second-order valence-corrected chi connectivity index (χ2v) is 5.20. The van der Waals surface area contributed by atoms with Crippen molar-refractivity contribution in [3.63, 3.8) is 0 Å². The van der Waals surface area contributed by atoms with Gasteiger partial charge in [-0.25, -0.2) is 0 Å². The Labute approximate surface area is 111 Å². The standard InChI is InChI=1S/C14H29N3O/c1-3-17(4-2)10-9-16-14(18)13-8-6-5-7-12(13)11-15/h12-13H,3-11,15H2,1-2H3,(H,16,18). The molecule has 1 amide bonds. The highest BCUT2D eigenvalue weighted by Crippen LogP contribution is 2.29. The zero-order valence-electron chi connectivity index (χ0n) is 12.0. The Hall–Kier alpha value is -0.610. The average molecular weight is 255 g/mol. The number of likely N-dealkylation sites (N-methyl/N-ethyl adjacent to an activating group) is 1. The highest BCUT2D eigenvalue weighted by molar-refractivity contribution is 5.79. The molecule has 106 valence electrons. The fraction of sp³-hybridized carbons (Fsp3) is 0.929. The van der Waals surface area contributed by atoms with E-state index in [2.05, 4.69) is 24.1 Å². The van der Waals surface area contributed by atoms with E-state index in [4.69, 9.17) is 5.73 Å². The van der Waals surface area contributed by atoms with Gasteiger partial charge in [0.1, 0.15) is 0 Å². The molecule has 0 bridgehead atoms. The number of amides is 1. The van der Waals surface area contributed by atoms with Crippen LogP contribution in [0.4, 0.5) is 0 Å². The molecular formula is C14H29N3O. The van der Waals surface area contributed by atoms with Crippen LogP contribution in [0.25, 0.3) is 0 Å². The highest BCUT2D eigenvalue weighted by atomic mass is 16.1. The fourth-order valence-corrected chi connectivity index (χ4v) is 2.84. The van der Waals surface area contributed by atoms with Gasteiger partial charge in [-0.2, -0.15) is 0 Å². The van der Waals surface area contributed by atoms with Crippen LogP contribution in [0, 0.1) is 11.8 Å². The van der Waals surface area contributed by atoms with Crippen LogP contribution in [0.2, 0.25) is 0 Å². The van der Waals surface area contributed by atoms with Gasteiger partial charge in [0.05, 0.1) is 0 Å². The number of hydrogen-bond acceptors (Lipinski definition) is 3. The van der Waals surface area contributed by atoms with Crippen molar-refractivity contribution in [2.24, 2.45) is 17.6 Å². The van der Waals surface area contributed by atoms with E-state index >= 15 is 0 Å². The summed E-state index contributed by atoms with van der Waals surface area (Å²) in [5.41, 5.74) is 5.76. The molecule has 0 saturated heterocycles. The third-order valence-electron chi connectivity index (χ3n) is 4.17. The molecule has 0 aromatic heterocycles. The quantitative estimate of drug-likeness (QED) is 0.719. The largest absolute Gasteiger partial charge is 0.355 e. The van der Waals surface area contributed by atoms with Gasteiger partial charge in [-0.1, -0.05) is 26.7 Å². The molecular weight excluding hydrogens is 226 g/mol. The Morgan fingerprint density at radius 3 is 2.56 bits per heavy atom. The molecule has 2 atom stereocenters. The van der Waals surface area contributed by atoms with E-state index in [1.54, 1.807) is 0 Å². The predicted molar refractivity (Wildman–Crippen MR) is 75.3 cm³/mol. The number of nitrogens with two attached hydrogens (primary N) is 1. The first-order valence-corrected chi connectivity index (χ1v) is 7.43. The van der Waals surface area contributed by atoms with E-state index in [1.165, 1.54) is 12.8 Å². The molecule has 0 spiro atoms. The lowest BCUT2D eigenvalue weighted by molar-refractivity contribution is -0.127. The predicted octanol–water partition coefficient (Wildman–Crippen LogP) is 1.21. The minimum Gasteiger partial charge on any atom is -0.355 e. The molecule has 3 N–H and O–H groups in total. The van der Waals surface area contributed by atoms with Gasteiger partial charge < -0.3 is 16.0 Å². The maximum Gasteiger partial charge on any atom is 0.223 e. The molecule has 0 heterocycles. The van der Waals surface area contributed by atoms with Crippen molar-refractivity contribution in [1.82, 2.24) is 10.2 Å². The second kappa shape index (κ2) is 8.48. The number of nitrogens with zero attached hydrogens (tertiary/aromatic N) is 1. The van der Waals surface area contributed by atoms with Crippen LogP contribution in [0.15, 0.2) is 0 Å². The van der Waals surface area contributed by atoms with Crippen LogP contribution in [-0.2, 0) is 4.79 Å². The summed E-state index contributed by atoms with van der Waals surface area (Å²) in [6, 6.07) is 0. The monoisotopic (exact) mass is 255 g/mol. The van der Waals surface area contributed by atoms with Gasteiger partial charge in [-0.15, -0.1) is 0 Å². The van der Waals surface area contributed by atoms with Gasteiger partial charge in [0, 0.05) is 19.0 Å². The van der Waals surface area contributed by atoms with Crippen molar-refractivity contribution in [2.75, 3.05) is 32.7 Å². The van der Waals surface area contributed by atoms with Crippen LogP contribution in [0.5, 0.6) is 0 Å². The summed E-state index contributed by atoms with van der Waals surface area (Å²) in [5, 5.41) is 3.08. The van der Waals surface area contributed by atoms with Crippen LogP contribution in [-0.4, -0.2) is 43.5 Å². The van der Waals surface area contributed by atoms with Crippen molar-refractivity contribution < 1.29 is 4.79 Å². The van der Waals surface area contributed by atoms with Crippen molar-refractivity contribution in [2.45, 2.75) is 39.5 Å². The third-order valence-corrected chi connectivity index (χ3v) is 4.17. The number of hydrogen-bond donors (Lipinski definition) is 2. The Morgan fingerprint density at radius 2 is 1.94 bits per heavy atom. The summed E-state index contributed by atoms with van der Waals surface area (Å²) in [7, 11) is 0. The minimum absolute atomic E-state index is 0.153. The molecule has 4 heteroatoms. The zero-order chi connectivity index (χ0) is 13.4. The van der Waals surface area contributed by atoms with Crippen molar-refractivity contribution in [1.29, 1.82) is 0 Å². The number of rotatable bonds is 7. The smallest absolute Gasteiger partial charge is 0.223 e. The van der Waals surface area contributed by atoms with E-state index in [0.717, 1.165) is 39.0 Å². The summed E-state index contributed by atoms with van der Waals surface area (Å²) in [6.07, 6.45) is 4.53. The van der Waals surface area contributed by atoms with Gasteiger partial charge in [0.2, 0.25) is 5.91 Å². The topological polar surface area (TPSA) is 58.4 Å². The van der Waals surface area contributed by atoms with Gasteiger partial charge in [0.15, 0.2) is 0 Å². The minimum atomic E-state index is 0.153. The molecule has 0 aliphatic heterocycles. The molecule has 0 aromatic carbocycles. The normalized spacial score (nSPS) is 24.2. The molecule has 4 nitrogen and oxygen atoms in total. The average Bonchev–Trinajstić information content (AvgIpc) is 2.43. The number of nitrogens with one attached hydrogen (secondary N) is 1. The Kier molecular flexibility index (Phi) is 7.28. The SMILES string of the molecule is CCN(CC)CCNC(=O)C1CCCCC1CN. The van der Waals surface area contributed by atoms with E-state index in [0.29, 0.717) is 12.5 Å². The van der Waals surface area contributed by atoms with Crippen molar-refractivity contribution in [3.05, 3.63) is 0 Å². The fourth-order valence-electron chi connectivity index (χ4n) is 2.84. The lowest BCUT2D eigenvalue weighted by Gasteiger charge is -2.29. The van der Waals surface area contributed by atoms with Crippen molar-refractivity contribution in [3.8, 4) is 0 Å². The van der Waals surface area contributed by atoms with Crippen LogP contribution in [0.3, 0.4) is 0 Å². The second-order valence-electron chi connectivity index (χ2n) is 5.20. The summed E-state index contributed by atoms with van der Waals surface area (Å²) in [4.78, 5) is 14.5. The lowest BCUT2D eigenvalue weighted by Crippen LogP contribution is -2.42. The van der Waals surface area contributed by atoms with E-state index in [9.17, 15) is 4.79 Å². The Balaban J connectivity index is 2.30. The number of carbonyl (C=O) groups is 1. The first kappa shape index (κ1) is 15.4. The van der Waals surface area contributed by atoms with E-state index in [1.807, 2.05) is 0 Å². The van der Waals surface area contributed by atoms with Crippen LogP contribution in [0.1, 0.15) is 39.5 Å². The number of carbonyl (C=O) groups excluding carboxylic acids is 1. The lowest BCUT2D eigenvalue weighted by atomic mass is 9.79. The van der Waals surface area contributed by atoms with Gasteiger partial charge in [-0.3, -0.25) is 4.79 Å². The first-order chi connectivity index (χ1) is 8.72. The molecule has 1 aliphatic rings. The van der Waals surface area contributed by atoms with Crippen LogP contribution < -0.4 is 11.1 Å². The van der Waals surface area contributed by atoms with E-state index in [-0.39, 0.29) is 11.8 Å². The van der Waals surface area contributed by atoms with Crippen LogP contribution >= 0.6 is 0 Å². The maximum absolute atomic E-state index is 12.1.